The van der Waals surface area contributed by atoms with Crippen molar-refractivity contribution in [2.24, 2.45) is 0 Å². The van der Waals surface area contributed by atoms with Crippen LogP contribution in [0.15, 0.2) is 91.0 Å². The average molecular weight is 424 g/mol. The van der Waals surface area contributed by atoms with Crippen molar-refractivity contribution in [3.05, 3.63) is 113 Å². The zero-order valence-electron chi connectivity index (χ0n) is 16.0. The first-order valence-electron chi connectivity index (χ1n) is 9.42. The van der Waals surface area contributed by atoms with Crippen LogP contribution in [-0.4, -0.2) is 0 Å². The Morgan fingerprint density at radius 2 is 1.41 bits per heavy atom. The molecule has 0 aliphatic carbocycles. The first-order valence-corrected chi connectivity index (χ1v) is 9.80. The van der Waals surface area contributed by atoms with Crippen LogP contribution in [-0.2, 0) is 19.7 Å². The SMILES string of the molecule is Cl.Clc1ccc(COc2ccc3ccccc3c2CNCc2ccccc2)cc1. The Kier molecular flexibility index (Phi) is 7.54. The van der Waals surface area contributed by atoms with E-state index in [0.29, 0.717) is 6.61 Å². The number of ether oxygens (including phenoxy) is 1. The van der Waals surface area contributed by atoms with E-state index in [2.05, 4.69) is 66.0 Å². The molecule has 0 heterocycles. The van der Waals surface area contributed by atoms with Gasteiger partial charge in [0.1, 0.15) is 12.4 Å². The van der Waals surface area contributed by atoms with Gasteiger partial charge in [0, 0.05) is 23.7 Å². The predicted molar refractivity (Wildman–Crippen MR) is 124 cm³/mol. The number of rotatable bonds is 7. The first-order chi connectivity index (χ1) is 13.8. The molecule has 0 aliphatic heterocycles. The van der Waals surface area contributed by atoms with Gasteiger partial charge in [0.15, 0.2) is 0 Å². The molecule has 29 heavy (non-hydrogen) atoms. The van der Waals surface area contributed by atoms with Crippen LogP contribution in [0.5, 0.6) is 5.75 Å². The van der Waals surface area contributed by atoms with E-state index in [0.717, 1.165) is 29.4 Å². The standard InChI is InChI=1S/C25H22ClNO.ClH/c26-22-13-10-20(11-14-22)18-28-25-15-12-21-8-4-5-9-23(21)24(25)17-27-16-19-6-2-1-3-7-19;/h1-15,27H,16-18H2;1H. The van der Waals surface area contributed by atoms with Crippen molar-refractivity contribution in [3.63, 3.8) is 0 Å². The number of halogens is 2. The molecule has 4 aromatic carbocycles. The van der Waals surface area contributed by atoms with Crippen LogP contribution >= 0.6 is 24.0 Å². The molecule has 0 aliphatic rings. The maximum Gasteiger partial charge on any atom is 0.124 e. The van der Waals surface area contributed by atoms with Gasteiger partial charge in [0.25, 0.3) is 0 Å². The predicted octanol–water partition coefficient (Wildman–Crippen LogP) is 6.78. The molecule has 0 radical (unpaired) electrons. The van der Waals surface area contributed by atoms with Crippen LogP contribution in [0.2, 0.25) is 5.02 Å². The molecule has 0 aromatic heterocycles. The van der Waals surface area contributed by atoms with E-state index in [1.807, 2.05) is 30.3 Å². The van der Waals surface area contributed by atoms with Gasteiger partial charge in [-0.3, -0.25) is 0 Å². The Morgan fingerprint density at radius 3 is 2.21 bits per heavy atom. The molecule has 0 amide bonds. The Labute approximate surface area is 182 Å². The molecule has 0 spiro atoms. The fourth-order valence-corrected chi connectivity index (χ4v) is 3.43. The van der Waals surface area contributed by atoms with Crippen LogP contribution < -0.4 is 10.1 Å². The third kappa shape index (κ3) is 5.51. The van der Waals surface area contributed by atoms with E-state index in [1.165, 1.54) is 21.9 Å². The molecule has 2 nitrogen and oxygen atoms in total. The van der Waals surface area contributed by atoms with E-state index >= 15 is 0 Å². The van der Waals surface area contributed by atoms with E-state index in [4.69, 9.17) is 16.3 Å². The number of hydrogen-bond acceptors (Lipinski definition) is 2. The largest absolute Gasteiger partial charge is 0.489 e. The van der Waals surface area contributed by atoms with Crippen molar-refractivity contribution < 1.29 is 4.74 Å². The van der Waals surface area contributed by atoms with Gasteiger partial charge in [0.05, 0.1) is 0 Å². The molecule has 148 valence electrons. The van der Waals surface area contributed by atoms with Crippen molar-refractivity contribution in [2.75, 3.05) is 0 Å². The van der Waals surface area contributed by atoms with Crippen molar-refractivity contribution >= 4 is 34.8 Å². The Bertz CT molecular complexity index is 1050. The molecular formula is C25H23Cl2NO. The summed E-state index contributed by atoms with van der Waals surface area (Å²) in [5.74, 6) is 0.911. The van der Waals surface area contributed by atoms with Gasteiger partial charge in [-0.05, 0) is 40.1 Å². The van der Waals surface area contributed by atoms with E-state index in [1.54, 1.807) is 0 Å². The minimum Gasteiger partial charge on any atom is -0.489 e. The van der Waals surface area contributed by atoms with E-state index < -0.39 is 0 Å². The molecule has 0 fully saturated rings. The summed E-state index contributed by atoms with van der Waals surface area (Å²) in [7, 11) is 0. The zero-order chi connectivity index (χ0) is 19.2. The summed E-state index contributed by atoms with van der Waals surface area (Å²) in [6.45, 7) is 2.08. The highest BCUT2D eigenvalue weighted by atomic mass is 35.5. The van der Waals surface area contributed by atoms with E-state index in [9.17, 15) is 0 Å². The third-order valence-corrected chi connectivity index (χ3v) is 5.03. The van der Waals surface area contributed by atoms with Gasteiger partial charge in [-0.15, -0.1) is 12.4 Å². The monoisotopic (exact) mass is 423 g/mol. The quantitative estimate of drug-likeness (QED) is 0.353. The number of nitrogens with one attached hydrogen (secondary N) is 1. The van der Waals surface area contributed by atoms with Crippen LogP contribution in [0.3, 0.4) is 0 Å². The molecule has 4 heteroatoms. The van der Waals surface area contributed by atoms with Crippen LogP contribution in [0, 0.1) is 0 Å². The van der Waals surface area contributed by atoms with Crippen molar-refractivity contribution in [1.29, 1.82) is 0 Å². The highest BCUT2D eigenvalue weighted by molar-refractivity contribution is 6.30. The van der Waals surface area contributed by atoms with Crippen LogP contribution in [0.4, 0.5) is 0 Å². The van der Waals surface area contributed by atoms with Gasteiger partial charge in [0.2, 0.25) is 0 Å². The highest BCUT2D eigenvalue weighted by Crippen LogP contribution is 2.29. The molecular weight excluding hydrogens is 401 g/mol. The van der Waals surface area contributed by atoms with Crippen molar-refractivity contribution in [1.82, 2.24) is 5.32 Å². The highest BCUT2D eigenvalue weighted by Gasteiger charge is 2.09. The van der Waals surface area contributed by atoms with Gasteiger partial charge in [-0.1, -0.05) is 84.4 Å². The summed E-state index contributed by atoms with van der Waals surface area (Å²) >= 11 is 5.98. The lowest BCUT2D eigenvalue weighted by atomic mass is 10.0. The maximum absolute atomic E-state index is 6.19. The lowest BCUT2D eigenvalue weighted by molar-refractivity contribution is 0.302. The maximum atomic E-state index is 6.19. The number of hydrogen-bond donors (Lipinski definition) is 1. The van der Waals surface area contributed by atoms with Gasteiger partial charge in [-0.25, -0.2) is 0 Å². The Hall–Kier alpha value is -2.52. The van der Waals surface area contributed by atoms with Crippen LogP contribution in [0.25, 0.3) is 10.8 Å². The molecule has 1 N–H and O–H groups in total. The number of fused-ring (bicyclic) bond motifs is 1. The Balaban J connectivity index is 0.00000240. The molecule has 0 bridgehead atoms. The summed E-state index contributed by atoms with van der Waals surface area (Å²) in [5, 5.41) is 6.73. The fraction of sp³-hybridized carbons (Fsp3) is 0.120. The summed E-state index contributed by atoms with van der Waals surface area (Å²) in [6, 6.07) is 30.8. The minimum absolute atomic E-state index is 0. The Morgan fingerprint density at radius 1 is 0.690 bits per heavy atom. The zero-order valence-corrected chi connectivity index (χ0v) is 17.5. The molecule has 0 unspecified atom stereocenters. The molecule has 0 saturated carbocycles. The molecule has 0 saturated heterocycles. The summed E-state index contributed by atoms with van der Waals surface area (Å²) < 4.78 is 6.19. The van der Waals surface area contributed by atoms with Crippen molar-refractivity contribution in [2.45, 2.75) is 19.7 Å². The third-order valence-electron chi connectivity index (χ3n) is 4.78. The summed E-state index contributed by atoms with van der Waals surface area (Å²) in [6.07, 6.45) is 0. The second kappa shape index (κ2) is 10.3. The molecule has 4 aromatic rings. The normalized spacial score (nSPS) is 10.5. The molecule has 0 atom stereocenters. The van der Waals surface area contributed by atoms with E-state index in [-0.39, 0.29) is 12.4 Å². The first kappa shape index (κ1) is 21.2. The minimum atomic E-state index is 0. The van der Waals surface area contributed by atoms with Gasteiger partial charge >= 0.3 is 0 Å². The molecule has 4 rings (SSSR count). The smallest absolute Gasteiger partial charge is 0.124 e. The van der Waals surface area contributed by atoms with Crippen molar-refractivity contribution in [3.8, 4) is 5.75 Å². The lowest BCUT2D eigenvalue weighted by Gasteiger charge is -2.15. The second-order valence-corrected chi connectivity index (χ2v) is 7.20. The average Bonchev–Trinajstić information content (AvgIpc) is 2.75. The number of benzene rings is 4. The summed E-state index contributed by atoms with van der Waals surface area (Å²) in [4.78, 5) is 0. The van der Waals surface area contributed by atoms with Gasteiger partial charge < -0.3 is 10.1 Å². The van der Waals surface area contributed by atoms with Gasteiger partial charge in [-0.2, -0.15) is 0 Å². The lowest BCUT2D eigenvalue weighted by Crippen LogP contribution is -2.14. The fourth-order valence-electron chi connectivity index (χ4n) is 3.30. The topological polar surface area (TPSA) is 21.3 Å². The summed E-state index contributed by atoms with van der Waals surface area (Å²) in [5.41, 5.74) is 3.55. The second-order valence-electron chi connectivity index (χ2n) is 6.77. The van der Waals surface area contributed by atoms with Crippen LogP contribution in [0.1, 0.15) is 16.7 Å².